The lowest BCUT2D eigenvalue weighted by atomic mass is 10.6. The van der Waals surface area contributed by atoms with Gasteiger partial charge in [-0.15, -0.1) is 37.2 Å². The largest absolute Gasteiger partial charge is 0.503 e. The maximum atomic E-state index is 9.57. The molecular weight excluding hydrogens is 188 g/mol. The maximum absolute atomic E-state index is 9.57. The van der Waals surface area contributed by atoms with Crippen molar-refractivity contribution in [3.05, 3.63) is 12.3 Å². The molecule has 0 fully saturated rings. The zero-order valence-electron chi connectivity index (χ0n) is 4.36. The van der Waals surface area contributed by atoms with Crippen molar-refractivity contribution < 1.29 is 9.90 Å². The Kier molecular flexibility index (Phi) is 27.8. The van der Waals surface area contributed by atoms with Crippen LogP contribution in [0.1, 0.15) is 0 Å². The molecule has 0 aromatic heterocycles. The summed E-state index contributed by atoms with van der Waals surface area (Å²) in [5.74, 6) is -1.48. The zero-order chi connectivity index (χ0) is 5.15. The fraction of sp³-hybridized carbons (Fsp3) is 0. The summed E-state index contributed by atoms with van der Waals surface area (Å²) in [5.41, 5.74) is 4.45. The molecular formula is C3H8Cl3NO2. The topological polar surface area (TPSA) is 63.3 Å². The third-order valence-corrected chi connectivity index (χ3v) is 0.284. The van der Waals surface area contributed by atoms with E-state index >= 15 is 0 Å². The van der Waals surface area contributed by atoms with E-state index < -0.39 is 11.7 Å². The van der Waals surface area contributed by atoms with Crippen molar-refractivity contribution >= 4 is 43.1 Å². The Labute approximate surface area is 71.5 Å². The van der Waals surface area contributed by atoms with Crippen LogP contribution < -0.4 is 5.73 Å². The summed E-state index contributed by atoms with van der Waals surface area (Å²) in [6.45, 7) is 2.84. The number of nitrogens with two attached hydrogens (primary N) is 1. The van der Waals surface area contributed by atoms with Crippen molar-refractivity contribution in [1.82, 2.24) is 0 Å². The molecule has 1 amide bonds. The fourth-order valence-electron chi connectivity index (χ4n) is 0. The average molecular weight is 196 g/mol. The predicted molar refractivity (Wildman–Crippen MR) is 42.7 cm³/mol. The number of hydrogen-bond donors (Lipinski definition) is 2. The van der Waals surface area contributed by atoms with E-state index in [1.807, 2.05) is 0 Å². The van der Waals surface area contributed by atoms with Gasteiger partial charge in [0.05, 0.1) is 0 Å². The molecule has 0 aliphatic rings. The summed E-state index contributed by atoms with van der Waals surface area (Å²) < 4.78 is 0. The first kappa shape index (κ1) is 23.2. The second-order valence-corrected chi connectivity index (χ2v) is 0.811. The number of primary amides is 1. The van der Waals surface area contributed by atoms with Gasteiger partial charge in [-0.05, 0) is 0 Å². The van der Waals surface area contributed by atoms with E-state index in [1.54, 1.807) is 0 Å². The Hall–Kier alpha value is -0.120. The number of amides is 1. The lowest BCUT2D eigenvalue weighted by Crippen LogP contribution is -2.11. The normalized spacial score (nSPS) is 4.89. The molecule has 0 aliphatic heterocycles. The van der Waals surface area contributed by atoms with Crippen LogP contribution in [0.4, 0.5) is 0 Å². The summed E-state index contributed by atoms with van der Waals surface area (Å²) >= 11 is 0. The van der Waals surface area contributed by atoms with Crippen molar-refractivity contribution in [3.63, 3.8) is 0 Å². The number of hydrogen-bond acceptors (Lipinski definition) is 2. The highest BCUT2D eigenvalue weighted by Crippen LogP contribution is 1.71. The predicted octanol–water partition coefficient (Wildman–Crippen LogP) is 0.809. The molecule has 0 heterocycles. The van der Waals surface area contributed by atoms with Gasteiger partial charge in [0.15, 0.2) is 5.76 Å². The Morgan fingerprint density at radius 1 is 1.33 bits per heavy atom. The van der Waals surface area contributed by atoms with E-state index in [0.717, 1.165) is 0 Å². The first-order valence-electron chi connectivity index (χ1n) is 1.32. The van der Waals surface area contributed by atoms with Gasteiger partial charge in [-0.2, -0.15) is 0 Å². The quantitative estimate of drug-likeness (QED) is 0.481. The number of rotatable bonds is 1. The Balaban J connectivity index is -0.0000000417. The Bertz CT molecular complexity index is 83.1. The van der Waals surface area contributed by atoms with Gasteiger partial charge in [0.25, 0.3) is 5.91 Å². The van der Waals surface area contributed by atoms with Gasteiger partial charge in [0.2, 0.25) is 0 Å². The molecule has 0 saturated heterocycles. The van der Waals surface area contributed by atoms with Crippen LogP contribution in [0.3, 0.4) is 0 Å². The highest BCUT2D eigenvalue weighted by atomic mass is 35.5. The van der Waals surface area contributed by atoms with Crippen LogP contribution in [-0.4, -0.2) is 11.0 Å². The molecule has 0 aliphatic carbocycles. The second-order valence-electron chi connectivity index (χ2n) is 0.811. The lowest BCUT2D eigenvalue weighted by Gasteiger charge is -1.81. The van der Waals surface area contributed by atoms with Crippen LogP contribution in [0.15, 0.2) is 12.3 Å². The van der Waals surface area contributed by atoms with Crippen molar-refractivity contribution in [2.45, 2.75) is 0 Å². The molecule has 0 rings (SSSR count). The van der Waals surface area contributed by atoms with E-state index in [0.29, 0.717) is 0 Å². The molecule has 58 valence electrons. The van der Waals surface area contributed by atoms with Crippen LogP contribution in [0.25, 0.3) is 0 Å². The first-order valence-corrected chi connectivity index (χ1v) is 1.32. The second kappa shape index (κ2) is 10.8. The monoisotopic (exact) mass is 195 g/mol. The van der Waals surface area contributed by atoms with Gasteiger partial charge in [0, 0.05) is 0 Å². The van der Waals surface area contributed by atoms with E-state index in [9.17, 15) is 4.79 Å². The number of halogens is 3. The van der Waals surface area contributed by atoms with E-state index in [-0.39, 0.29) is 37.2 Å². The molecule has 0 aromatic carbocycles. The minimum Gasteiger partial charge on any atom is -0.503 e. The smallest absolute Gasteiger partial charge is 0.282 e. The molecule has 0 bridgehead atoms. The molecule has 0 radical (unpaired) electrons. The summed E-state index contributed by atoms with van der Waals surface area (Å²) in [4.78, 5) is 9.57. The summed E-state index contributed by atoms with van der Waals surface area (Å²) in [6, 6.07) is 0. The highest BCUT2D eigenvalue weighted by molar-refractivity contribution is 5.88. The van der Waals surface area contributed by atoms with Crippen molar-refractivity contribution in [2.75, 3.05) is 0 Å². The molecule has 0 aromatic rings. The molecule has 3 N–H and O–H groups in total. The SMILES string of the molecule is C=C(O)C(N)=O.Cl.Cl.Cl. The van der Waals surface area contributed by atoms with Crippen molar-refractivity contribution in [3.8, 4) is 0 Å². The van der Waals surface area contributed by atoms with Crippen LogP contribution in [0, 0.1) is 0 Å². The number of aliphatic hydroxyl groups excluding tert-OH is 1. The molecule has 0 spiro atoms. The van der Waals surface area contributed by atoms with Crippen LogP contribution in [0.5, 0.6) is 0 Å². The Morgan fingerprint density at radius 2 is 1.44 bits per heavy atom. The average Bonchev–Trinajstić information content (AvgIpc) is 1.36. The van der Waals surface area contributed by atoms with Crippen LogP contribution in [-0.2, 0) is 4.79 Å². The maximum Gasteiger partial charge on any atom is 0.282 e. The van der Waals surface area contributed by atoms with Gasteiger partial charge in [-0.1, -0.05) is 6.58 Å². The van der Waals surface area contributed by atoms with E-state index in [1.165, 1.54) is 0 Å². The molecule has 0 atom stereocenters. The summed E-state index contributed by atoms with van der Waals surface area (Å²) in [7, 11) is 0. The van der Waals surface area contributed by atoms with Gasteiger partial charge >= 0.3 is 0 Å². The zero-order valence-corrected chi connectivity index (χ0v) is 6.81. The lowest BCUT2D eigenvalue weighted by molar-refractivity contribution is -0.116. The minimum atomic E-state index is -0.880. The van der Waals surface area contributed by atoms with Crippen LogP contribution in [0.2, 0.25) is 0 Å². The standard InChI is InChI=1S/C3H5NO2.3ClH/c1-2(5)3(4)6;;;/h5H,1H2,(H2,4,6);3*1H. The van der Waals surface area contributed by atoms with Gasteiger partial charge in [0.1, 0.15) is 0 Å². The minimum absolute atomic E-state index is 0. The van der Waals surface area contributed by atoms with Crippen molar-refractivity contribution in [2.24, 2.45) is 5.73 Å². The fourth-order valence-corrected chi connectivity index (χ4v) is 0. The molecule has 3 nitrogen and oxygen atoms in total. The number of carbonyl (C=O) groups is 1. The summed E-state index contributed by atoms with van der Waals surface area (Å²) in [6.07, 6.45) is 0. The molecule has 6 heteroatoms. The molecule has 0 saturated carbocycles. The molecule has 0 unspecified atom stereocenters. The van der Waals surface area contributed by atoms with Crippen LogP contribution >= 0.6 is 37.2 Å². The third kappa shape index (κ3) is 18.1. The third-order valence-electron chi connectivity index (χ3n) is 0.284. The highest BCUT2D eigenvalue weighted by Gasteiger charge is 1.90. The number of aliphatic hydroxyl groups is 1. The first-order chi connectivity index (χ1) is 2.64. The van der Waals surface area contributed by atoms with E-state index in [2.05, 4.69) is 12.3 Å². The Morgan fingerprint density at radius 3 is 1.44 bits per heavy atom. The van der Waals surface area contributed by atoms with Crippen molar-refractivity contribution in [1.29, 1.82) is 0 Å². The van der Waals surface area contributed by atoms with Gasteiger partial charge < -0.3 is 10.8 Å². The summed E-state index contributed by atoms with van der Waals surface area (Å²) in [5, 5.41) is 7.96. The molecule has 9 heavy (non-hydrogen) atoms. The van der Waals surface area contributed by atoms with E-state index in [4.69, 9.17) is 5.11 Å². The van der Waals surface area contributed by atoms with Gasteiger partial charge in [-0.3, -0.25) is 4.79 Å². The number of carbonyl (C=O) groups excluding carboxylic acids is 1. The van der Waals surface area contributed by atoms with Gasteiger partial charge in [-0.25, -0.2) is 0 Å².